The molecule has 1 aromatic rings. The maximum Gasteiger partial charge on any atom is 0.169 e. The Balaban J connectivity index is 2.10. The summed E-state index contributed by atoms with van der Waals surface area (Å²) in [5, 5.41) is 3.33. The Bertz CT molecular complexity index is 425. The van der Waals surface area contributed by atoms with Gasteiger partial charge in [-0.15, -0.1) is 0 Å². The predicted molar refractivity (Wildman–Crippen MR) is 76.6 cm³/mol. The van der Waals surface area contributed by atoms with Gasteiger partial charge >= 0.3 is 0 Å². The van der Waals surface area contributed by atoms with Crippen LogP contribution in [0.1, 0.15) is 42.6 Å². The molecule has 0 saturated carbocycles. The van der Waals surface area contributed by atoms with Gasteiger partial charge in [0.1, 0.15) is 0 Å². The van der Waals surface area contributed by atoms with E-state index in [0.717, 1.165) is 12.1 Å². The van der Waals surface area contributed by atoms with Gasteiger partial charge in [-0.2, -0.15) is 0 Å². The Morgan fingerprint density at radius 2 is 2.00 bits per heavy atom. The Kier molecular flexibility index (Phi) is 4.72. The summed E-state index contributed by atoms with van der Waals surface area (Å²) in [7, 11) is 0. The van der Waals surface area contributed by atoms with Crippen molar-refractivity contribution in [3.05, 3.63) is 35.4 Å². The van der Waals surface area contributed by atoms with Gasteiger partial charge in [0.05, 0.1) is 19.1 Å². The van der Waals surface area contributed by atoms with Gasteiger partial charge in [-0.3, -0.25) is 4.79 Å². The number of benzene rings is 1. The largest absolute Gasteiger partial charge is 0.379 e. The fourth-order valence-corrected chi connectivity index (χ4v) is 2.52. The van der Waals surface area contributed by atoms with Crippen LogP contribution in [0.5, 0.6) is 0 Å². The third kappa shape index (κ3) is 3.23. The van der Waals surface area contributed by atoms with Gasteiger partial charge in [0.15, 0.2) is 5.78 Å². The number of ether oxygens (including phenoxy) is 1. The van der Waals surface area contributed by atoms with Crippen molar-refractivity contribution in [3.8, 4) is 0 Å². The maximum absolute atomic E-state index is 12.5. The van der Waals surface area contributed by atoms with Crippen molar-refractivity contribution in [2.24, 2.45) is 5.92 Å². The Hall–Kier alpha value is -1.19. The van der Waals surface area contributed by atoms with Crippen molar-refractivity contribution in [1.82, 2.24) is 5.32 Å². The van der Waals surface area contributed by atoms with Gasteiger partial charge in [0, 0.05) is 11.6 Å². The van der Waals surface area contributed by atoms with E-state index < -0.39 is 0 Å². The highest BCUT2D eigenvalue weighted by atomic mass is 16.5. The number of rotatable bonds is 5. The smallest absolute Gasteiger partial charge is 0.169 e. The number of Topliss-reactive ketones (excluding diaryl/α,β-unsaturated/α-hetero) is 1. The molecule has 1 saturated heterocycles. The molecule has 19 heavy (non-hydrogen) atoms. The molecule has 0 radical (unpaired) electrons. The van der Waals surface area contributed by atoms with E-state index in [9.17, 15) is 4.79 Å². The molecule has 0 aromatic heterocycles. The number of hydrogen-bond acceptors (Lipinski definition) is 3. The lowest BCUT2D eigenvalue weighted by atomic mass is 9.92. The highest BCUT2D eigenvalue weighted by molar-refractivity contribution is 5.98. The summed E-state index contributed by atoms with van der Waals surface area (Å²) < 4.78 is 5.44. The quantitative estimate of drug-likeness (QED) is 0.828. The molecule has 1 aliphatic rings. The molecule has 1 heterocycles. The fourth-order valence-electron chi connectivity index (χ4n) is 2.52. The van der Waals surface area contributed by atoms with E-state index >= 15 is 0 Å². The summed E-state index contributed by atoms with van der Waals surface area (Å²) in [6.45, 7) is 8.39. The second-order valence-corrected chi connectivity index (χ2v) is 5.45. The summed E-state index contributed by atoms with van der Waals surface area (Å²) in [5.74, 6) is 0.636. The molecule has 2 unspecified atom stereocenters. The van der Waals surface area contributed by atoms with E-state index in [4.69, 9.17) is 4.74 Å². The first-order valence-corrected chi connectivity index (χ1v) is 7.08. The minimum Gasteiger partial charge on any atom is -0.379 e. The molecule has 3 heteroatoms. The van der Waals surface area contributed by atoms with Crippen molar-refractivity contribution < 1.29 is 9.53 Å². The van der Waals surface area contributed by atoms with Crippen LogP contribution in [0.3, 0.4) is 0 Å². The summed E-state index contributed by atoms with van der Waals surface area (Å²) in [6.07, 6.45) is 0. The molecule has 1 aromatic carbocycles. The van der Waals surface area contributed by atoms with Crippen LogP contribution in [0.15, 0.2) is 24.3 Å². The van der Waals surface area contributed by atoms with E-state index in [1.54, 1.807) is 0 Å². The monoisotopic (exact) mass is 261 g/mol. The van der Waals surface area contributed by atoms with Crippen molar-refractivity contribution in [2.45, 2.75) is 32.7 Å². The van der Waals surface area contributed by atoms with Gasteiger partial charge in [-0.25, -0.2) is 0 Å². The zero-order valence-electron chi connectivity index (χ0n) is 12.0. The van der Waals surface area contributed by atoms with Crippen LogP contribution < -0.4 is 5.32 Å². The van der Waals surface area contributed by atoms with Crippen molar-refractivity contribution in [2.75, 3.05) is 19.8 Å². The first kappa shape index (κ1) is 14.2. The Morgan fingerprint density at radius 1 is 1.32 bits per heavy atom. The second kappa shape index (κ2) is 6.31. The summed E-state index contributed by atoms with van der Waals surface area (Å²) in [6, 6.07) is 8.14. The minimum atomic E-state index is -0.0511. The number of carbonyl (C=O) groups excluding carboxylic acids is 1. The average Bonchev–Trinajstić information content (AvgIpc) is 2.87. The molecule has 1 fully saturated rings. The molecular formula is C16H23NO2. The highest BCUT2D eigenvalue weighted by Crippen LogP contribution is 2.21. The van der Waals surface area contributed by atoms with Gasteiger partial charge in [-0.1, -0.05) is 45.0 Å². The predicted octanol–water partition coefficient (Wildman–Crippen LogP) is 2.62. The van der Waals surface area contributed by atoms with E-state index in [-0.39, 0.29) is 17.7 Å². The van der Waals surface area contributed by atoms with Crippen LogP contribution in [0, 0.1) is 5.92 Å². The third-order valence-electron chi connectivity index (χ3n) is 3.75. The van der Waals surface area contributed by atoms with E-state index in [2.05, 4.69) is 38.2 Å². The molecule has 0 aliphatic carbocycles. The standard InChI is InChI=1S/C16H23NO2/c1-4-17-15-10-19-9-14(15)16(18)13-7-5-12(6-8-13)11(2)3/h5-8,11,14-15,17H,4,9-10H2,1-3H3. The third-order valence-corrected chi connectivity index (χ3v) is 3.75. The van der Waals surface area contributed by atoms with E-state index in [0.29, 0.717) is 19.1 Å². The number of likely N-dealkylation sites (N-methyl/N-ethyl adjacent to an activating group) is 1. The van der Waals surface area contributed by atoms with Crippen molar-refractivity contribution >= 4 is 5.78 Å². The molecule has 2 rings (SSSR count). The fraction of sp³-hybridized carbons (Fsp3) is 0.562. The zero-order chi connectivity index (χ0) is 13.8. The lowest BCUT2D eigenvalue weighted by Crippen LogP contribution is -2.39. The maximum atomic E-state index is 12.5. The van der Waals surface area contributed by atoms with Crippen LogP contribution >= 0.6 is 0 Å². The van der Waals surface area contributed by atoms with Crippen molar-refractivity contribution in [3.63, 3.8) is 0 Å². The number of hydrogen-bond donors (Lipinski definition) is 1. The SMILES string of the molecule is CCNC1COCC1C(=O)c1ccc(C(C)C)cc1. The molecule has 0 bridgehead atoms. The van der Waals surface area contributed by atoms with Gasteiger partial charge < -0.3 is 10.1 Å². The minimum absolute atomic E-state index is 0.0511. The van der Waals surface area contributed by atoms with Crippen LogP contribution in [0.2, 0.25) is 0 Å². The van der Waals surface area contributed by atoms with Gasteiger partial charge in [0.2, 0.25) is 0 Å². The summed E-state index contributed by atoms with van der Waals surface area (Å²) in [4.78, 5) is 12.5. The lowest BCUT2D eigenvalue weighted by Gasteiger charge is -2.17. The number of nitrogens with one attached hydrogen (secondary N) is 1. The van der Waals surface area contributed by atoms with Gasteiger partial charge in [0.25, 0.3) is 0 Å². The van der Waals surface area contributed by atoms with Crippen LogP contribution in [0.4, 0.5) is 0 Å². The molecule has 1 aliphatic heterocycles. The Labute approximate surface area is 115 Å². The zero-order valence-corrected chi connectivity index (χ0v) is 12.0. The lowest BCUT2D eigenvalue weighted by molar-refractivity contribution is 0.0891. The van der Waals surface area contributed by atoms with Crippen molar-refractivity contribution in [1.29, 1.82) is 0 Å². The molecule has 0 amide bonds. The molecule has 104 valence electrons. The van der Waals surface area contributed by atoms with E-state index in [1.165, 1.54) is 5.56 Å². The van der Waals surface area contributed by atoms with Crippen LogP contribution in [0.25, 0.3) is 0 Å². The number of carbonyl (C=O) groups is 1. The molecule has 1 N–H and O–H groups in total. The van der Waals surface area contributed by atoms with E-state index in [1.807, 2.05) is 12.1 Å². The van der Waals surface area contributed by atoms with Crippen LogP contribution in [-0.4, -0.2) is 31.6 Å². The Morgan fingerprint density at radius 3 is 2.58 bits per heavy atom. The van der Waals surface area contributed by atoms with Crippen LogP contribution in [-0.2, 0) is 4.74 Å². The molecule has 3 nitrogen and oxygen atoms in total. The van der Waals surface area contributed by atoms with Gasteiger partial charge in [-0.05, 0) is 18.0 Å². The highest BCUT2D eigenvalue weighted by Gasteiger charge is 2.33. The average molecular weight is 261 g/mol. The first-order chi connectivity index (χ1) is 9.13. The normalized spacial score (nSPS) is 22.9. The summed E-state index contributed by atoms with van der Waals surface area (Å²) in [5.41, 5.74) is 2.06. The molecular weight excluding hydrogens is 238 g/mol. The topological polar surface area (TPSA) is 38.3 Å². The number of ketones is 1. The summed E-state index contributed by atoms with van der Waals surface area (Å²) >= 11 is 0. The molecule has 2 atom stereocenters. The first-order valence-electron chi connectivity index (χ1n) is 7.08. The second-order valence-electron chi connectivity index (χ2n) is 5.45. The molecule has 0 spiro atoms.